The average molecular weight is 423 g/mol. The van der Waals surface area contributed by atoms with E-state index >= 15 is 0 Å². The molecular formula is C24H27FN4O2. The number of nitrogens with zero attached hydrogens (tertiary/aromatic N) is 4. The number of carbonyl (C=O) groups is 1. The summed E-state index contributed by atoms with van der Waals surface area (Å²) in [4.78, 5) is 19.4. The van der Waals surface area contributed by atoms with Crippen molar-refractivity contribution in [3.8, 4) is 11.3 Å². The molecule has 31 heavy (non-hydrogen) atoms. The normalized spacial score (nSPS) is 17.0. The second kappa shape index (κ2) is 8.29. The highest BCUT2D eigenvalue weighted by molar-refractivity contribution is 5.73. The second-order valence-electron chi connectivity index (χ2n) is 8.39. The molecule has 1 aromatic carbocycles. The number of benzene rings is 1. The summed E-state index contributed by atoms with van der Waals surface area (Å²) >= 11 is 0. The molecule has 0 saturated carbocycles. The van der Waals surface area contributed by atoms with Gasteiger partial charge in [-0.15, -0.1) is 0 Å². The third-order valence-electron chi connectivity index (χ3n) is 6.38. The zero-order chi connectivity index (χ0) is 21.4. The summed E-state index contributed by atoms with van der Waals surface area (Å²) < 4.78 is 20.9. The first-order chi connectivity index (χ1) is 15.1. The van der Waals surface area contributed by atoms with Crippen LogP contribution in [-0.4, -0.2) is 40.3 Å². The van der Waals surface area contributed by atoms with Gasteiger partial charge in [0.25, 0.3) is 0 Å². The second-order valence-corrected chi connectivity index (χ2v) is 8.39. The van der Waals surface area contributed by atoms with Crippen LogP contribution < -0.4 is 4.90 Å². The van der Waals surface area contributed by atoms with Gasteiger partial charge in [-0.3, -0.25) is 4.79 Å². The Balaban J connectivity index is 1.54. The Kier molecular flexibility index (Phi) is 5.34. The molecule has 7 heteroatoms. The molecule has 6 nitrogen and oxygen atoms in total. The van der Waals surface area contributed by atoms with Crippen LogP contribution in [0.25, 0.3) is 16.9 Å². The first-order valence-electron chi connectivity index (χ1n) is 11.2. The number of ether oxygens (including phenoxy) is 1. The zero-order valence-corrected chi connectivity index (χ0v) is 17.8. The SMILES string of the molecule is CCOC(=O)C1CCN(c2c3c(nc4cc(-c5cccc(F)c5)nn24)CCCC3)CC1. The van der Waals surface area contributed by atoms with E-state index in [1.807, 2.05) is 23.6 Å². The Morgan fingerprint density at radius 2 is 2.00 bits per heavy atom. The monoisotopic (exact) mass is 422 g/mol. The van der Waals surface area contributed by atoms with E-state index in [2.05, 4.69) is 4.90 Å². The van der Waals surface area contributed by atoms with Crippen molar-refractivity contribution in [2.75, 3.05) is 24.6 Å². The fourth-order valence-electron chi connectivity index (χ4n) is 4.83. The summed E-state index contributed by atoms with van der Waals surface area (Å²) in [6.07, 6.45) is 5.79. The van der Waals surface area contributed by atoms with Crippen molar-refractivity contribution in [1.82, 2.24) is 14.6 Å². The van der Waals surface area contributed by atoms with Crippen molar-refractivity contribution in [2.45, 2.75) is 45.4 Å². The third-order valence-corrected chi connectivity index (χ3v) is 6.38. The van der Waals surface area contributed by atoms with Crippen molar-refractivity contribution < 1.29 is 13.9 Å². The minimum Gasteiger partial charge on any atom is -0.466 e. The molecule has 0 unspecified atom stereocenters. The van der Waals surface area contributed by atoms with E-state index in [0.717, 1.165) is 80.0 Å². The third kappa shape index (κ3) is 3.77. The fourth-order valence-corrected chi connectivity index (χ4v) is 4.83. The van der Waals surface area contributed by atoms with Crippen LogP contribution in [-0.2, 0) is 22.4 Å². The van der Waals surface area contributed by atoms with Gasteiger partial charge in [0, 0.05) is 36.0 Å². The zero-order valence-electron chi connectivity index (χ0n) is 17.8. The summed E-state index contributed by atoms with van der Waals surface area (Å²) in [5, 5.41) is 4.85. The lowest BCUT2D eigenvalue weighted by Crippen LogP contribution is -2.39. The van der Waals surface area contributed by atoms with Crippen molar-refractivity contribution >= 4 is 17.4 Å². The average Bonchev–Trinajstić information content (AvgIpc) is 3.21. The molecule has 2 aromatic heterocycles. The lowest BCUT2D eigenvalue weighted by atomic mass is 9.93. The highest BCUT2D eigenvalue weighted by atomic mass is 19.1. The fraction of sp³-hybridized carbons (Fsp3) is 0.458. The van der Waals surface area contributed by atoms with E-state index in [9.17, 15) is 9.18 Å². The van der Waals surface area contributed by atoms with Crippen LogP contribution in [0, 0.1) is 11.7 Å². The standard InChI is InChI=1S/C24H27FN4O2/c1-2-31-24(30)16-10-12-28(13-11-16)23-19-8-3-4-9-20(19)26-22-15-21(27-29(22)23)17-6-5-7-18(25)14-17/h5-7,14-16H,2-4,8-13H2,1H3. The van der Waals surface area contributed by atoms with Crippen molar-refractivity contribution in [1.29, 1.82) is 0 Å². The number of fused-ring (bicyclic) bond motifs is 2. The highest BCUT2D eigenvalue weighted by Crippen LogP contribution is 2.34. The summed E-state index contributed by atoms with van der Waals surface area (Å²) in [6.45, 7) is 3.84. The number of anilines is 1. The van der Waals surface area contributed by atoms with Gasteiger partial charge in [0.15, 0.2) is 5.65 Å². The van der Waals surface area contributed by atoms with Crippen molar-refractivity contribution in [3.05, 3.63) is 47.4 Å². The first-order valence-corrected chi connectivity index (χ1v) is 11.2. The van der Waals surface area contributed by atoms with Crippen molar-refractivity contribution in [2.24, 2.45) is 5.92 Å². The van der Waals surface area contributed by atoms with Crippen LogP contribution in [0.15, 0.2) is 30.3 Å². The van der Waals surface area contributed by atoms with Gasteiger partial charge >= 0.3 is 5.97 Å². The number of piperidine rings is 1. The minimum absolute atomic E-state index is 0.0372. The van der Waals surface area contributed by atoms with Crippen LogP contribution in [0.2, 0.25) is 0 Å². The van der Waals surface area contributed by atoms with Gasteiger partial charge in [-0.1, -0.05) is 12.1 Å². The molecule has 162 valence electrons. The quantitative estimate of drug-likeness (QED) is 0.590. The van der Waals surface area contributed by atoms with E-state index in [4.69, 9.17) is 14.8 Å². The molecule has 2 aliphatic rings. The van der Waals surface area contributed by atoms with E-state index in [1.165, 1.54) is 17.7 Å². The molecule has 3 heterocycles. The van der Waals surface area contributed by atoms with Gasteiger partial charge in [0.1, 0.15) is 11.6 Å². The molecule has 0 bridgehead atoms. The molecule has 0 amide bonds. The summed E-state index contributed by atoms with van der Waals surface area (Å²) in [5.41, 5.74) is 4.67. The summed E-state index contributed by atoms with van der Waals surface area (Å²) in [7, 11) is 0. The molecule has 0 radical (unpaired) electrons. The van der Waals surface area contributed by atoms with Gasteiger partial charge in [-0.25, -0.2) is 9.37 Å². The number of carbonyl (C=O) groups excluding carboxylic acids is 1. The van der Waals surface area contributed by atoms with E-state index in [0.29, 0.717) is 6.61 Å². The van der Waals surface area contributed by atoms with Crippen LogP contribution in [0.3, 0.4) is 0 Å². The molecule has 1 fully saturated rings. The number of aryl methyl sites for hydroxylation is 1. The highest BCUT2D eigenvalue weighted by Gasteiger charge is 2.30. The molecule has 1 aliphatic heterocycles. The van der Waals surface area contributed by atoms with Crippen LogP contribution >= 0.6 is 0 Å². The minimum atomic E-state index is -0.275. The van der Waals surface area contributed by atoms with Gasteiger partial charge < -0.3 is 9.64 Å². The molecule has 1 saturated heterocycles. The number of hydrogen-bond donors (Lipinski definition) is 0. The molecule has 5 rings (SSSR count). The Morgan fingerprint density at radius 1 is 1.19 bits per heavy atom. The number of halogens is 1. The number of aromatic nitrogens is 3. The summed E-state index contributed by atoms with van der Waals surface area (Å²) in [5.74, 6) is 0.689. The first kappa shape index (κ1) is 20.0. The maximum absolute atomic E-state index is 13.8. The molecule has 0 N–H and O–H groups in total. The molecule has 3 aromatic rings. The molecule has 0 atom stereocenters. The lowest BCUT2D eigenvalue weighted by Gasteiger charge is -2.34. The number of esters is 1. The lowest BCUT2D eigenvalue weighted by molar-refractivity contribution is -0.148. The van der Waals surface area contributed by atoms with Gasteiger partial charge in [0.2, 0.25) is 0 Å². The molecule has 1 aliphatic carbocycles. The summed E-state index contributed by atoms with van der Waals surface area (Å²) in [6, 6.07) is 8.46. The Bertz CT molecular complexity index is 1120. The van der Waals surface area contributed by atoms with Crippen molar-refractivity contribution in [3.63, 3.8) is 0 Å². The topological polar surface area (TPSA) is 59.7 Å². The van der Waals surface area contributed by atoms with Crippen LogP contribution in [0.4, 0.5) is 10.2 Å². The van der Waals surface area contributed by atoms with Crippen LogP contribution in [0.5, 0.6) is 0 Å². The van der Waals surface area contributed by atoms with Gasteiger partial charge in [-0.05, 0) is 57.6 Å². The van der Waals surface area contributed by atoms with Gasteiger partial charge in [0.05, 0.1) is 18.2 Å². The maximum Gasteiger partial charge on any atom is 0.309 e. The van der Waals surface area contributed by atoms with E-state index in [-0.39, 0.29) is 17.7 Å². The Hall–Kier alpha value is -2.96. The Labute approximate surface area is 181 Å². The van der Waals surface area contributed by atoms with E-state index in [1.54, 1.807) is 6.07 Å². The van der Waals surface area contributed by atoms with Crippen LogP contribution in [0.1, 0.15) is 43.9 Å². The maximum atomic E-state index is 13.8. The predicted octanol–water partition coefficient (Wildman–Crippen LogP) is 4.19. The van der Waals surface area contributed by atoms with Gasteiger partial charge in [-0.2, -0.15) is 9.61 Å². The van der Waals surface area contributed by atoms with E-state index < -0.39 is 0 Å². The number of hydrogen-bond acceptors (Lipinski definition) is 5. The smallest absolute Gasteiger partial charge is 0.309 e. The molecule has 0 spiro atoms. The largest absolute Gasteiger partial charge is 0.466 e. The molecular weight excluding hydrogens is 395 g/mol. The Morgan fingerprint density at radius 3 is 2.77 bits per heavy atom. The predicted molar refractivity (Wildman–Crippen MR) is 117 cm³/mol. The number of rotatable bonds is 4.